The van der Waals surface area contributed by atoms with Gasteiger partial charge in [-0.3, -0.25) is 4.98 Å². The molecule has 0 aliphatic heterocycles. The van der Waals surface area contributed by atoms with Gasteiger partial charge < -0.3 is 5.32 Å². The van der Waals surface area contributed by atoms with Crippen LogP contribution in [0.3, 0.4) is 0 Å². The molecule has 2 heterocycles. The number of nitriles is 1. The summed E-state index contributed by atoms with van der Waals surface area (Å²) in [5.41, 5.74) is 0.645. The number of nitrogens with one attached hydrogen (secondary N) is 1. The first-order chi connectivity index (χ1) is 9.90. The Kier molecular flexibility index (Phi) is 4.08. The van der Waals surface area contributed by atoms with Crippen LogP contribution in [0.2, 0.25) is 0 Å². The van der Waals surface area contributed by atoms with Gasteiger partial charge in [-0.1, -0.05) is 6.07 Å². The predicted molar refractivity (Wildman–Crippen MR) is 70.3 cm³/mol. The maximum Gasteiger partial charge on any atom is 0.433 e. The van der Waals surface area contributed by atoms with Crippen molar-refractivity contribution in [1.29, 1.82) is 5.26 Å². The number of halogens is 3. The molecule has 2 aromatic heterocycles. The van der Waals surface area contributed by atoms with Gasteiger partial charge in [0, 0.05) is 18.4 Å². The number of rotatable bonds is 3. The molecule has 0 spiro atoms. The second-order valence-corrected chi connectivity index (χ2v) is 4.36. The molecule has 0 amide bonds. The SMILES string of the molecule is Cc1ccc(CNc2nc(C(F)(F)F)ccc2C#N)cn1. The van der Waals surface area contributed by atoms with E-state index in [0.717, 1.165) is 23.4 Å². The van der Waals surface area contributed by atoms with Gasteiger partial charge >= 0.3 is 6.18 Å². The van der Waals surface area contributed by atoms with Crippen LogP contribution in [0.1, 0.15) is 22.5 Å². The van der Waals surface area contributed by atoms with E-state index in [1.54, 1.807) is 18.3 Å². The lowest BCUT2D eigenvalue weighted by Gasteiger charge is -2.11. The van der Waals surface area contributed by atoms with E-state index in [1.807, 2.05) is 13.0 Å². The van der Waals surface area contributed by atoms with Crippen molar-refractivity contribution in [2.45, 2.75) is 19.6 Å². The third-order valence-electron chi connectivity index (χ3n) is 2.74. The predicted octanol–water partition coefficient (Wildman–Crippen LogP) is 3.29. The highest BCUT2D eigenvalue weighted by atomic mass is 19.4. The Morgan fingerprint density at radius 2 is 2.00 bits per heavy atom. The van der Waals surface area contributed by atoms with E-state index in [0.29, 0.717) is 0 Å². The van der Waals surface area contributed by atoms with Crippen molar-refractivity contribution < 1.29 is 13.2 Å². The van der Waals surface area contributed by atoms with Crippen LogP contribution in [-0.4, -0.2) is 9.97 Å². The number of hydrogen-bond donors (Lipinski definition) is 1. The van der Waals surface area contributed by atoms with Crippen molar-refractivity contribution in [1.82, 2.24) is 9.97 Å². The molecule has 0 radical (unpaired) electrons. The summed E-state index contributed by atoms with van der Waals surface area (Å²) in [5.74, 6) is -0.0899. The lowest BCUT2D eigenvalue weighted by Crippen LogP contribution is -2.11. The molecule has 0 aliphatic rings. The highest BCUT2D eigenvalue weighted by molar-refractivity contribution is 5.52. The van der Waals surface area contributed by atoms with Gasteiger partial charge in [-0.2, -0.15) is 18.4 Å². The lowest BCUT2D eigenvalue weighted by molar-refractivity contribution is -0.141. The van der Waals surface area contributed by atoms with Crippen LogP contribution in [-0.2, 0) is 12.7 Å². The van der Waals surface area contributed by atoms with Crippen LogP contribution in [0.5, 0.6) is 0 Å². The van der Waals surface area contributed by atoms with Gasteiger partial charge in [0.15, 0.2) is 0 Å². The summed E-state index contributed by atoms with van der Waals surface area (Å²) < 4.78 is 37.9. The van der Waals surface area contributed by atoms with Gasteiger partial charge in [0.25, 0.3) is 0 Å². The van der Waals surface area contributed by atoms with Crippen molar-refractivity contribution in [2.75, 3.05) is 5.32 Å². The zero-order chi connectivity index (χ0) is 15.5. The molecule has 0 unspecified atom stereocenters. The monoisotopic (exact) mass is 292 g/mol. The van der Waals surface area contributed by atoms with E-state index in [1.165, 1.54) is 0 Å². The molecule has 0 bridgehead atoms. The summed E-state index contributed by atoms with van der Waals surface area (Å²) >= 11 is 0. The number of anilines is 1. The highest BCUT2D eigenvalue weighted by Gasteiger charge is 2.33. The minimum atomic E-state index is -4.55. The number of aryl methyl sites for hydroxylation is 1. The summed E-state index contributed by atoms with van der Waals surface area (Å²) in [5, 5.41) is 11.7. The molecule has 21 heavy (non-hydrogen) atoms. The topological polar surface area (TPSA) is 61.6 Å². The quantitative estimate of drug-likeness (QED) is 0.943. The molecule has 0 atom stereocenters. The van der Waals surface area contributed by atoms with Gasteiger partial charge in [-0.15, -0.1) is 0 Å². The van der Waals surface area contributed by atoms with Crippen molar-refractivity contribution in [3.05, 3.63) is 53.0 Å². The van der Waals surface area contributed by atoms with Crippen molar-refractivity contribution in [3.63, 3.8) is 0 Å². The molecule has 0 fully saturated rings. The molecule has 4 nitrogen and oxygen atoms in total. The van der Waals surface area contributed by atoms with Crippen molar-refractivity contribution >= 4 is 5.82 Å². The molecular formula is C14H11F3N4. The number of nitrogens with zero attached hydrogens (tertiary/aromatic N) is 3. The van der Waals surface area contributed by atoms with E-state index >= 15 is 0 Å². The molecule has 0 saturated carbocycles. The molecule has 7 heteroatoms. The molecule has 1 N–H and O–H groups in total. The maximum atomic E-state index is 12.6. The minimum Gasteiger partial charge on any atom is -0.365 e. The minimum absolute atomic E-state index is 0.0584. The zero-order valence-corrected chi connectivity index (χ0v) is 11.1. The van der Waals surface area contributed by atoms with Gasteiger partial charge in [-0.05, 0) is 30.7 Å². The van der Waals surface area contributed by atoms with Gasteiger partial charge in [0.1, 0.15) is 17.6 Å². The van der Waals surface area contributed by atoms with Crippen molar-refractivity contribution in [3.8, 4) is 6.07 Å². The molecular weight excluding hydrogens is 281 g/mol. The molecule has 2 rings (SSSR count). The Hall–Kier alpha value is -2.62. The van der Waals surface area contributed by atoms with Gasteiger partial charge in [0.05, 0.1) is 5.56 Å². The Labute approximate surface area is 119 Å². The summed E-state index contributed by atoms with van der Waals surface area (Å²) in [6.07, 6.45) is -2.93. The van der Waals surface area contributed by atoms with E-state index in [2.05, 4.69) is 15.3 Å². The van der Waals surface area contributed by atoms with E-state index in [9.17, 15) is 13.2 Å². The van der Waals surface area contributed by atoms with E-state index in [-0.39, 0.29) is 17.9 Å². The largest absolute Gasteiger partial charge is 0.433 e. The first-order valence-corrected chi connectivity index (χ1v) is 6.04. The van der Waals surface area contributed by atoms with Crippen LogP contribution in [0.4, 0.5) is 19.0 Å². The van der Waals surface area contributed by atoms with Crippen LogP contribution >= 0.6 is 0 Å². The van der Waals surface area contributed by atoms with Crippen LogP contribution in [0.15, 0.2) is 30.5 Å². The fourth-order valence-corrected chi connectivity index (χ4v) is 1.63. The van der Waals surface area contributed by atoms with Gasteiger partial charge in [-0.25, -0.2) is 4.98 Å². The maximum absolute atomic E-state index is 12.6. The smallest absolute Gasteiger partial charge is 0.365 e. The third-order valence-corrected chi connectivity index (χ3v) is 2.74. The zero-order valence-electron chi connectivity index (χ0n) is 11.1. The molecule has 108 valence electrons. The number of aromatic nitrogens is 2. The number of alkyl halides is 3. The molecule has 2 aromatic rings. The first-order valence-electron chi connectivity index (χ1n) is 6.04. The summed E-state index contributed by atoms with van der Waals surface area (Å²) in [6.45, 7) is 2.07. The fourth-order valence-electron chi connectivity index (χ4n) is 1.63. The average molecular weight is 292 g/mol. The summed E-state index contributed by atoms with van der Waals surface area (Å²) in [6, 6.07) is 7.30. The Balaban J connectivity index is 2.22. The molecule has 0 aliphatic carbocycles. The van der Waals surface area contributed by atoms with Crippen molar-refractivity contribution in [2.24, 2.45) is 0 Å². The highest BCUT2D eigenvalue weighted by Crippen LogP contribution is 2.29. The fraction of sp³-hybridized carbons (Fsp3) is 0.214. The summed E-state index contributed by atoms with van der Waals surface area (Å²) in [4.78, 5) is 7.55. The molecule has 0 aromatic carbocycles. The number of pyridine rings is 2. The Morgan fingerprint density at radius 3 is 2.57 bits per heavy atom. The summed E-state index contributed by atoms with van der Waals surface area (Å²) in [7, 11) is 0. The normalized spacial score (nSPS) is 11.0. The second-order valence-electron chi connectivity index (χ2n) is 4.36. The second kappa shape index (κ2) is 5.79. The van der Waals surface area contributed by atoms with Gasteiger partial charge in [0.2, 0.25) is 0 Å². The standard InChI is InChI=1S/C14H11F3N4/c1-9-2-3-10(7-19-9)8-20-13-11(6-18)4-5-12(21-13)14(15,16)17/h2-5,7H,8H2,1H3,(H,20,21). The molecule has 0 saturated heterocycles. The average Bonchev–Trinajstić information content (AvgIpc) is 2.45. The number of hydrogen-bond acceptors (Lipinski definition) is 4. The third kappa shape index (κ3) is 3.69. The van der Waals surface area contributed by atoms with Crippen LogP contribution in [0, 0.1) is 18.3 Å². The van der Waals surface area contributed by atoms with Crippen LogP contribution in [0.25, 0.3) is 0 Å². The first kappa shape index (κ1) is 14.8. The Morgan fingerprint density at radius 1 is 1.24 bits per heavy atom. The lowest BCUT2D eigenvalue weighted by atomic mass is 10.2. The van der Waals surface area contributed by atoms with E-state index < -0.39 is 11.9 Å². The van der Waals surface area contributed by atoms with Crippen LogP contribution < -0.4 is 5.32 Å². The van der Waals surface area contributed by atoms with E-state index in [4.69, 9.17) is 5.26 Å². The Bertz CT molecular complexity index is 672.